The summed E-state index contributed by atoms with van der Waals surface area (Å²) in [4.78, 5) is 14.8. The molecule has 6 heteroatoms. The number of hydrogen-bond donors (Lipinski definition) is 1. The predicted octanol–water partition coefficient (Wildman–Crippen LogP) is 2.31. The van der Waals surface area contributed by atoms with E-state index in [1.165, 1.54) is 25.8 Å². The van der Waals surface area contributed by atoms with Crippen molar-refractivity contribution in [3.63, 3.8) is 0 Å². The van der Waals surface area contributed by atoms with E-state index in [0.717, 1.165) is 31.7 Å². The molecule has 3 rings (SSSR count). The van der Waals surface area contributed by atoms with Crippen molar-refractivity contribution in [2.24, 2.45) is 5.92 Å². The van der Waals surface area contributed by atoms with Gasteiger partial charge >= 0.3 is 0 Å². The predicted molar refractivity (Wildman–Crippen MR) is 87.7 cm³/mol. The van der Waals surface area contributed by atoms with Crippen molar-refractivity contribution in [3.8, 4) is 0 Å². The van der Waals surface area contributed by atoms with E-state index in [0.29, 0.717) is 16.4 Å². The highest BCUT2D eigenvalue weighted by molar-refractivity contribution is 9.10. The molecule has 1 atom stereocenters. The third-order valence-corrected chi connectivity index (χ3v) is 5.19. The zero-order valence-electron chi connectivity index (χ0n) is 12.5. The van der Waals surface area contributed by atoms with E-state index in [2.05, 4.69) is 38.2 Å². The Kier molecular flexibility index (Phi) is 4.64. The van der Waals surface area contributed by atoms with E-state index < -0.39 is 0 Å². The van der Waals surface area contributed by atoms with Crippen LogP contribution in [0.15, 0.2) is 15.5 Å². The van der Waals surface area contributed by atoms with Gasteiger partial charge in [0.15, 0.2) is 0 Å². The lowest BCUT2D eigenvalue weighted by molar-refractivity contribution is 0.227. The fourth-order valence-corrected chi connectivity index (χ4v) is 3.34. The summed E-state index contributed by atoms with van der Waals surface area (Å²) in [6.07, 6.45) is 6.59. The minimum absolute atomic E-state index is 0.0185. The quantitative estimate of drug-likeness (QED) is 0.881. The third-order valence-electron chi connectivity index (χ3n) is 4.43. The molecule has 2 aliphatic rings. The average molecular weight is 355 g/mol. The van der Waals surface area contributed by atoms with Crippen LogP contribution >= 0.6 is 15.9 Å². The molecule has 5 nitrogen and oxygen atoms in total. The Bertz CT molecular complexity index is 555. The molecule has 1 saturated heterocycles. The zero-order chi connectivity index (χ0) is 14.8. The SMILES string of the molecule is CCN1CCCC(Nc2cnn(CC3CC3)c(=O)c2Br)C1. The van der Waals surface area contributed by atoms with Crippen LogP contribution in [0.3, 0.4) is 0 Å². The van der Waals surface area contributed by atoms with Crippen LogP contribution in [0.25, 0.3) is 0 Å². The smallest absolute Gasteiger partial charge is 0.283 e. The van der Waals surface area contributed by atoms with Crippen LogP contribution in [0.4, 0.5) is 5.69 Å². The number of aromatic nitrogens is 2. The molecule has 0 bridgehead atoms. The number of anilines is 1. The van der Waals surface area contributed by atoms with Gasteiger partial charge in [-0.1, -0.05) is 6.92 Å². The molecular formula is C15H23BrN4O. The van der Waals surface area contributed by atoms with Crippen molar-refractivity contribution < 1.29 is 0 Å². The lowest BCUT2D eigenvalue weighted by atomic mass is 10.1. The van der Waals surface area contributed by atoms with Gasteiger partial charge in [0.1, 0.15) is 4.47 Å². The molecule has 0 radical (unpaired) electrons. The van der Waals surface area contributed by atoms with Gasteiger partial charge in [-0.2, -0.15) is 5.10 Å². The second-order valence-corrected chi connectivity index (χ2v) is 6.97. The number of likely N-dealkylation sites (N-methyl/N-ethyl adjacent to an activating group) is 1. The van der Waals surface area contributed by atoms with Crippen LogP contribution in [-0.2, 0) is 6.54 Å². The Hall–Kier alpha value is -0.880. The summed E-state index contributed by atoms with van der Waals surface area (Å²) >= 11 is 3.45. The van der Waals surface area contributed by atoms with Crippen LogP contribution in [0, 0.1) is 5.92 Å². The van der Waals surface area contributed by atoms with Gasteiger partial charge in [0, 0.05) is 19.1 Å². The van der Waals surface area contributed by atoms with Gasteiger partial charge in [0.05, 0.1) is 11.9 Å². The minimum Gasteiger partial charge on any atom is -0.379 e. The Morgan fingerprint density at radius 3 is 2.95 bits per heavy atom. The van der Waals surface area contributed by atoms with Crippen LogP contribution < -0.4 is 10.9 Å². The molecule has 1 N–H and O–H groups in total. The average Bonchev–Trinajstić information content (AvgIpc) is 3.31. The summed E-state index contributed by atoms with van der Waals surface area (Å²) in [7, 11) is 0. The first-order valence-electron chi connectivity index (χ1n) is 7.92. The summed E-state index contributed by atoms with van der Waals surface area (Å²) in [6.45, 7) is 6.25. The van der Waals surface area contributed by atoms with Gasteiger partial charge in [-0.3, -0.25) is 4.79 Å². The maximum Gasteiger partial charge on any atom is 0.283 e. The lowest BCUT2D eigenvalue weighted by Crippen LogP contribution is -2.42. The van der Waals surface area contributed by atoms with Crippen molar-refractivity contribution in [2.75, 3.05) is 25.0 Å². The largest absolute Gasteiger partial charge is 0.379 e. The second kappa shape index (κ2) is 6.48. The van der Waals surface area contributed by atoms with Crippen LogP contribution in [0.1, 0.15) is 32.6 Å². The van der Waals surface area contributed by atoms with Crippen molar-refractivity contribution >= 4 is 21.6 Å². The molecule has 116 valence electrons. The first-order chi connectivity index (χ1) is 10.2. The van der Waals surface area contributed by atoms with Gasteiger partial charge < -0.3 is 10.2 Å². The molecule has 2 heterocycles. The maximum atomic E-state index is 12.3. The number of nitrogens with one attached hydrogen (secondary N) is 1. The van der Waals surface area contributed by atoms with Gasteiger partial charge in [-0.15, -0.1) is 0 Å². The van der Waals surface area contributed by atoms with E-state index in [9.17, 15) is 4.79 Å². The highest BCUT2D eigenvalue weighted by Crippen LogP contribution is 2.30. The van der Waals surface area contributed by atoms with E-state index in [-0.39, 0.29) is 5.56 Å². The maximum absolute atomic E-state index is 12.3. The second-order valence-electron chi connectivity index (χ2n) is 6.18. The molecule has 21 heavy (non-hydrogen) atoms. The first kappa shape index (κ1) is 15.0. The van der Waals surface area contributed by atoms with Crippen molar-refractivity contribution in [1.82, 2.24) is 14.7 Å². The van der Waals surface area contributed by atoms with Crippen LogP contribution in [-0.4, -0.2) is 40.4 Å². The fraction of sp³-hybridized carbons (Fsp3) is 0.733. The van der Waals surface area contributed by atoms with E-state index in [1.807, 2.05) is 0 Å². The van der Waals surface area contributed by atoms with Gasteiger partial charge in [-0.25, -0.2) is 4.68 Å². The number of piperidine rings is 1. The highest BCUT2D eigenvalue weighted by atomic mass is 79.9. The molecule has 1 aliphatic heterocycles. The van der Waals surface area contributed by atoms with Crippen LogP contribution in [0.5, 0.6) is 0 Å². The number of likely N-dealkylation sites (tertiary alicyclic amines) is 1. The van der Waals surface area contributed by atoms with E-state index in [1.54, 1.807) is 10.9 Å². The van der Waals surface area contributed by atoms with E-state index in [4.69, 9.17) is 0 Å². The summed E-state index contributed by atoms with van der Waals surface area (Å²) in [5, 5.41) is 7.81. The molecule has 2 fully saturated rings. The van der Waals surface area contributed by atoms with Gasteiger partial charge in [-0.05, 0) is 60.6 Å². The topological polar surface area (TPSA) is 50.2 Å². The normalized spacial score (nSPS) is 23.2. The first-order valence-corrected chi connectivity index (χ1v) is 8.71. The zero-order valence-corrected chi connectivity index (χ0v) is 14.1. The monoisotopic (exact) mass is 354 g/mol. The third kappa shape index (κ3) is 3.66. The van der Waals surface area contributed by atoms with Crippen molar-refractivity contribution in [2.45, 2.75) is 45.2 Å². The molecule has 0 amide bonds. The fourth-order valence-electron chi connectivity index (χ4n) is 2.92. The number of nitrogens with zero attached hydrogens (tertiary/aromatic N) is 3. The molecular weight excluding hydrogens is 332 g/mol. The lowest BCUT2D eigenvalue weighted by Gasteiger charge is -2.32. The molecule has 1 unspecified atom stereocenters. The molecule has 0 spiro atoms. The molecule has 1 aromatic rings. The Balaban J connectivity index is 1.70. The van der Waals surface area contributed by atoms with E-state index >= 15 is 0 Å². The standard InChI is InChI=1S/C15H23BrN4O/c1-2-19-7-3-4-12(10-19)18-13-8-17-20(9-11-5-6-11)15(21)14(13)16/h8,11-12,18H,2-7,9-10H2,1H3. The summed E-state index contributed by atoms with van der Waals surface area (Å²) in [5.74, 6) is 0.650. The number of halogens is 1. The number of hydrogen-bond acceptors (Lipinski definition) is 4. The van der Waals surface area contributed by atoms with Gasteiger partial charge in [0.25, 0.3) is 5.56 Å². The summed E-state index contributed by atoms with van der Waals surface area (Å²) < 4.78 is 2.21. The molecule has 1 aromatic heterocycles. The summed E-state index contributed by atoms with van der Waals surface area (Å²) in [6, 6.07) is 0.399. The minimum atomic E-state index is -0.0185. The van der Waals surface area contributed by atoms with Crippen molar-refractivity contribution in [1.29, 1.82) is 0 Å². The van der Waals surface area contributed by atoms with Crippen molar-refractivity contribution in [3.05, 3.63) is 21.0 Å². The Morgan fingerprint density at radius 2 is 2.24 bits per heavy atom. The summed E-state index contributed by atoms with van der Waals surface area (Å²) in [5.41, 5.74) is 0.810. The molecule has 1 saturated carbocycles. The van der Waals surface area contributed by atoms with Crippen LogP contribution in [0.2, 0.25) is 0 Å². The highest BCUT2D eigenvalue weighted by Gasteiger charge is 2.24. The molecule has 0 aromatic carbocycles. The number of rotatable bonds is 5. The molecule has 1 aliphatic carbocycles. The Labute approximate surface area is 133 Å². The van der Waals surface area contributed by atoms with Gasteiger partial charge in [0.2, 0.25) is 0 Å². The Morgan fingerprint density at radius 1 is 1.43 bits per heavy atom.